The fourth-order valence-electron chi connectivity index (χ4n) is 0.959. The van der Waals surface area contributed by atoms with Gasteiger partial charge in [0, 0.05) is 38.4 Å². The summed E-state index contributed by atoms with van der Waals surface area (Å²) in [5, 5.41) is 0. The number of ether oxygens (including phenoxy) is 3. The number of esters is 1. The van der Waals surface area contributed by atoms with E-state index >= 15 is 0 Å². The summed E-state index contributed by atoms with van der Waals surface area (Å²) >= 11 is 0. The molecule has 0 bridgehead atoms. The van der Waals surface area contributed by atoms with E-state index in [1.54, 1.807) is 6.92 Å². The van der Waals surface area contributed by atoms with E-state index in [1.807, 2.05) is 6.92 Å². The minimum atomic E-state index is -0.337. The van der Waals surface area contributed by atoms with Crippen LogP contribution in [-0.4, -0.2) is 39.0 Å². The largest absolute Gasteiger partial charge is 0.462 e. The summed E-state index contributed by atoms with van der Waals surface area (Å²) in [6.07, 6.45) is 1.62. The van der Waals surface area contributed by atoms with Crippen LogP contribution in [0.3, 0.4) is 0 Å². The Bertz CT molecular complexity index is 201. The van der Waals surface area contributed by atoms with Crippen LogP contribution < -0.4 is 0 Å². The van der Waals surface area contributed by atoms with Gasteiger partial charge in [-0.2, -0.15) is 0 Å². The second kappa shape index (κ2) is 10.6. The molecule has 4 heteroatoms. The number of carbonyl (C=O) groups excluding carboxylic acids is 1. The van der Waals surface area contributed by atoms with Crippen molar-refractivity contribution in [2.45, 2.75) is 26.7 Å². The third-order valence-electron chi connectivity index (χ3n) is 1.80. The first kappa shape index (κ1) is 15.1. The average Bonchev–Trinajstić information content (AvgIpc) is 2.26. The van der Waals surface area contributed by atoms with Crippen molar-refractivity contribution >= 4 is 5.97 Å². The molecule has 94 valence electrons. The molecule has 0 rings (SSSR count). The van der Waals surface area contributed by atoms with Crippen molar-refractivity contribution < 1.29 is 19.0 Å². The van der Waals surface area contributed by atoms with Gasteiger partial charge in [0.15, 0.2) is 0 Å². The zero-order valence-electron chi connectivity index (χ0n) is 10.3. The molecule has 0 heterocycles. The summed E-state index contributed by atoms with van der Waals surface area (Å²) in [6, 6.07) is 0. The fraction of sp³-hybridized carbons (Fsp3) is 0.750. The van der Waals surface area contributed by atoms with Gasteiger partial charge in [0.05, 0.1) is 6.61 Å². The van der Waals surface area contributed by atoms with Gasteiger partial charge in [-0.15, -0.1) is 0 Å². The van der Waals surface area contributed by atoms with Crippen LogP contribution in [0.5, 0.6) is 0 Å². The summed E-state index contributed by atoms with van der Waals surface area (Å²) in [5.41, 5.74) is 0.428. The van der Waals surface area contributed by atoms with Gasteiger partial charge < -0.3 is 14.2 Å². The quantitative estimate of drug-likeness (QED) is 0.327. The Morgan fingerprint density at radius 1 is 1.06 bits per heavy atom. The van der Waals surface area contributed by atoms with Crippen molar-refractivity contribution in [1.82, 2.24) is 0 Å². The molecule has 0 amide bonds. The number of hydrogen-bond donors (Lipinski definition) is 0. The lowest BCUT2D eigenvalue weighted by Crippen LogP contribution is -2.09. The normalized spacial score (nSPS) is 10.1. The SMILES string of the molecule is C=C(C)C(=O)OCCCOCCCOCC. The van der Waals surface area contributed by atoms with Crippen LogP contribution in [0.2, 0.25) is 0 Å². The van der Waals surface area contributed by atoms with Gasteiger partial charge in [-0.05, 0) is 20.3 Å². The molecular formula is C12H22O4. The number of rotatable bonds is 10. The zero-order chi connectivity index (χ0) is 12.2. The van der Waals surface area contributed by atoms with Gasteiger partial charge in [-0.1, -0.05) is 6.58 Å². The van der Waals surface area contributed by atoms with E-state index in [4.69, 9.17) is 14.2 Å². The molecule has 0 saturated heterocycles. The highest BCUT2D eigenvalue weighted by Crippen LogP contribution is 1.94. The molecule has 0 aliphatic carbocycles. The van der Waals surface area contributed by atoms with Crippen molar-refractivity contribution in [2.24, 2.45) is 0 Å². The van der Waals surface area contributed by atoms with Crippen molar-refractivity contribution in [2.75, 3.05) is 33.0 Å². The molecule has 0 unspecified atom stereocenters. The lowest BCUT2D eigenvalue weighted by molar-refractivity contribution is -0.139. The van der Waals surface area contributed by atoms with Crippen molar-refractivity contribution in [1.29, 1.82) is 0 Å². The molecule has 16 heavy (non-hydrogen) atoms. The average molecular weight is 230 g/mol. The molecule has 4 nitrogen and oxygen atoms in total. The van der Waals surface area contributed by atoms with Crippen LogP contribution in [0.4, 0.5) is 0 Å². The Morgan fingerprint density at radius 2 is 1.62 bits per heavy atom. The zero-order valence-corrected chi connectivity index (χ0v) is 10.3. The van der Waals surface area contributed by atoms with Crippen LogP contribution >= 0.6 is 0 Å². The summed E-state index contributed by atoms with van der Waals surface area (Å²) in [7, 11) is 0. The Morgan fingerprint density at radius 3 is 2.19 bits per heavy atom. The minimum Gasteiger partial charge on any atom is -0.462 e. The third kappa shape index (κ3) is 9.68. The molecule has 0 saturated carbocycles. The van der Waals surface area contributed by atoms with Crippen LogP contribution in [0.1, 0.15) is 26.7 Å². The van der Waals surface area contributed by atoms with E-state index in [9.17, 15) is 4.79 Å². The smallest absolute Gasteiger partial charge is 0.333 e. The van der Waals surface area contributed by atoms with Gasteiger partial charge in [0.1, 0.15) is 0 Å². The molecule has 0 aromatic heterocycles. The molecule has 0 aliphatic rings. The molecule has 0 aromatic rings. The number of carbonyl (C=O) groups is 1. The summed E-state index contributed by atoms with van der Waals surface area (Å²) in [5.74, 6) is -0.337. The summed E-state index contributed by atoms with van der Waals surface area (Å²) in [4.78, 5) is 11.0. The van der Waals surface area contributed by atoms with Crippen LogP contribution in [-0.2, 0) is 19.0 Å². The highest BCUT2D eigenvalue weighted by molar-refractivity contribution is 5.86. The molecule has 0 spiro atoms. The monoisotopic (exact) mass is 230 g/mol. The molecule has 0 aromatic carbocycles. The molecule has 0 aliphatic heterocycles. The predicted octanol–water partition coefficient (Wildman–Crippen LogP) is 1.94. The van der Waals surface area contributed by atoms with E-state index in [0.29, 0.717) is 31.8 Å². The Labute approximate surface area is 97.6 Å². The van der Waals surface area contributed by atoms with Crippen LogP contribution in [0.25, 0.3) is 0 Å². The second-order valence-electron chi connectivity index (χ2n) is 3.43. The maximum absolute atomic E-state index is 11.0. The molecule has 0 atom stereocenters. The lowest BCUT2D eigenvalue weighted by Gasteiger charge is -2.05. The van der Waals surface area contributed by atoms with Gasteiger partial charge in [0.2, 0.25) is 0 Å². The highest BCUT2D eigenvalue weighted by Gasteiger charge is 2.01. The first-order valence-corrected chi connectivity index (χ1v) is 5.66. The summed E-state index contributed by atoms with van der Waals surface area (Å²) in [6.45, 7) is 10.3. The molecule has 0 N–H and O–H groups in total. The first-order chi connectivity index (χ1) is 7.68. The Balaban J connectivity index is 3.10. The highest BCUT2D eigenvalue weighted by atomic mass is 16.5. The Kier molecular flexibility index (Phi) is 10.1. The van der Waals surface area contributed by atoms with E-state index < -0.39 is 0 Å². The lowest BCUT2D eigenvalue weighted by atomic mass is 10.4. The standard InChI is InChI=1S/C12H22O4/c1-4-14-7-5-8-15-9-6-10-16-12(13)11(2)3/h2,4-10H2,1,3H3. The van der Waals surface area contributed by atoms with Crippen LogP contribution in [0.15, 0.2) is 12.2 Å². The van der Waals surface area contributed by atoms with E-state index in [0.717, 1.165) is 19.6 Å². The first-order valence-electron chi connectivity index (χ1n) is 5.66. The van der Waals surface area contributed by atoms with E-state index in [1.165, 1.54) is 0 Å². The van der Waals surface area contributed by atoms with Gasteiger partial charge in [-0.25, -0.2) is 4.79 Å². The van der Waals surface area contributed by atoms with Gasteiger partial charge in [-0.3, -0.25) is 0 Å². The minimum absolute atomic E-state index is 0.337. The molecular weight excluding hydrogens is 208 g/mol. The van der Waals surface area contributed by atoms with Crippen molar-refractivity contribution in [3.05, 3.63) is 12.2 Å². The fourth-order valence-corrected chi connectivity index (χ4v) is 0.959. The molecule has 0 fully saturated rings. The predicted molar refractivity (Wildman–Crippen MR) is 62.3 cm³/mol. The van der Waals surface area contributed by atoms with Crippen molar-refractivity contribution in [3.8, 4) is 0 Å². The van der Waals surface area contributed by atoms with E-state index in [2.05, 4.69) is 6.58 Å². The summed E-state index contributed by atoms with van der Waals surface area (Å²) < 4.78 is 15.4. The van der Waals surface area contributed by atoms with E-state index in [-0.39, 0.29) is 5.97 Å². The maximum Gasteiger partial charge on any atom is 0.333 e. The topological polar surface area (TPSA) is 44.8 Å². The molecule has 0 radical (unpaired) electrons. The van der Waals surface area contributed by atoms with Crippen LogP contribution in [0, 0.1) is 0 Å². The Hall–Kier alpha value is -0.870. The number of hydrogen-bond acceptors (Lipinski definition) is 4. The van der Waals surface area contributed by atoms with Crippen molar-refractivity contribution in [3.63, 3.8) is 0 Å². The van der Waals surface area contributed by atoms with Gasteiger partial charge in [0.25, 0.3) is 0 Å². The maximum atomic E-state index is 11.0. The third-order valence-corrected chi connectivity index (χ3v) is 1.80. The second-order valence-corrected chi connectivity index (χ2v) is 3.43. The van der Waals surface area contributed by atoms with Gasteiger partial charge >= 0.3 is 5.97 Å².